The number of carbonyl (C=O) groups is 3. The summed E-state index contributed by atoms with van der Waals surface area (Å²) in [6.45, 7) is 4.32. The average molecular weight is 346 g/mol. The van der Waals surface area contributed by atoms with Crippen LogP contribution in [0.5, 0.6) is 0 Å². The molecule has 2 rings (SSSR count). The third-order valence-electron chi connectivity index (χ3n) is 4.64. The molecule has 0 bridgehead atoms. The van der Waals surface area contributed by atoms with Crippen LogP contribution in [0, 0.1) is 17.8 Å². The summed E-state index contributed by atoms with van der Waals surface area (Å²) in [7, 11) is 0. The number of hydrogen-bond acceptors (Lipinski definition) is 4. The van der Waals surface area contributed by atoms with E-state index < -0.39 is 0 Å². The summed E-state index contributed by atoms with van der Waals surface area (Å²) in [5.41, 5.74) is 5.67. The maximum absolute atomic E-state index is 12.3. The van der Waals surface area contributed by atoms with Crippen molar-refractivity contribution in [1.29, 1.82) is 0 Å². The standard InChI is InChI=1S/C16H27N3O3.ClH/c1-10(2)7-11(8-17)18-14(20)9-19-15(21)12-5-3-4-6-13(12)16(19)22;/h10-13H,3-9,17H2,1-2H3,(H,18,20);1H. The summed E-state index contributed by atoms with van der Waals surface area (Å²) in [6.07, 6.45) is 4.31. The third-order valence-corrected chi connectivity index (χ3v) is 4.64. The van der Waals surface area contributed by atoms with E-state index in [1.54, 1.807) is 0 Å². The number of carbonyl (C=O) groups excluding carboxylic acids is 3. The molecule has 1 aliphatic carbocycles. The normalized spacial score (nSPS) is 25.1. The Kier molecular flexibility index (Phi) is 7.48. The highest BCUT2D eigenvalue weighted by molar-refractivity contribution is 6.07. The molecule has 1 saturated heterocycles. The highest BCUT2D eigenvalue weighted by Gasteiger charge is 2.48. The van der Waals surface area contributed by atoms with Crippen molar-refractivity contribution in [2.45, 2.75) is 52.0 Å². The Morgan fingerprint density at radius 1 is 1.22 bits per heavy atom. The Morgan fingerprint density at radius 3 is 2.17 bits per heavy atom. The van der Waals surface area contributed by atoms with E-state index in [0.29, 0.717) is 12.5 Å². The van der Waals surface area contributed by atoms with Gasteiger partial charge in [-0.1, -0.05) is 26.7 Å². The van der Waals surface area contributed by atoms with E-state index in [2.05, 4.69) is 19.2 Å². The first kappa shape index (κ1) is 19.9. The Bertz CT molecular complexity index is 432. The smallest absolute Gasteiger partial charge is 0.240 e. The van der Waals surface area contributed by atoms with Gasteiger partial charge < -0.3 is 11.1 Å². The lowest BCUT2D eigenvalue weighted by Crippen LogP contribution is -2.47. The van der Waals surface area contributed by atoms with Crippen molar-refractivity contribution < 1.29 is 14.4 Å². The van der Waals surface area contributed by atoms with E-state index in [-0.39, 0.29) is 54.6 Å². The SMILES string of the molecule is CC(C)CC(CN)NC(=O)CN1C(=O)C2CCCCC2C1=O.Cl. The third kappa shape index (κ3) is 4.67. The van der Waals surface area contributed by atoms with Crippen LogP contribution in [0.2, 0.25) is 0 Å². The van der Waals surface area contributed by atoms with Crippen LogP contribution in [0.15, 0.2) is 0 Å². The molecule has 3 amide bonds. The first-order chi connectivity index (χ1) is 10.4. The quantitative estimate of drug-likeness (QED) is 0.704. The summed E-state index contributed by atoms with van der Waals surface area (Å²) in [4.78, 5) is 37.9. The Morgan fingerprint density at radius 2 is 1.74 bits per heavy atom. The summed E-state index contributed by atoms with van der Waals surface area (Å²) in [5, 5.41) is 2.84. The average Bonchev–Trinajstić information content (AvgIpc) is 2.72. The largest absolute Gasteiger partial charge is 0.351 e. The number of nitrogens with one attached hydrogen (secondary N) is 1. The second kappa shape index (κ2) is 8.64. The topological polar surface area (TPSA) is 92.5 Å². The zero-order valence-electron chi connectivity index (χ0n) is 13.9. The van der Waals surface area contributed by atoms with Crippen molar-refractivity contribution in [2.24, 2.45) is 23.5 Å². The molecule has 1 saturated carbocycles. The number of likely N-dealkylation sites (tertiary alicyclic amines) is 1. The van der Waals surface area contributed by atoms with E-state index in [1.807, 2.05) is 0 Å². The highest BCUT2D eigenvalue weighted by atomic mass is 35.5. The van der Waals surface area contributed by atoms with Gasteiger partial charge in [0.1, 0.15) is 6.54 Å². The Labute approximate surface area is 143 Å². The van der Waals surface area contributed by atoms with Crippen molar-refractivity contribution >= 4 is 30.1 Å². The minimum atomic E-state index is -0.295. The molecule has 2 fully saturated rings. The first-order valence-corrected chi connectivity index (χ1v) is 8.28. The summed E-state index contributed by atoms with van der Waals surface area (Å²) < 4.78 is 0. The van der Waals surface area contributed by atoms with Crippen LogP contribution < -0.4 is 11.1 Å². The fourth-order valence-electron chi connectivity index (χ4n) is 3.59. The molecule has 6 nitrogen and oxygen atoms in total. The predicted molar refractivity (Wildman–Crippen MR) is 89.9 cm³/mol. The lowest BCUT2D eigenvalue weighted by molar-refractivity contribution is -0.143. The fraction of sp³-hybridized carbons (Fsp3) is 0.812. The number of nitrogens with zero attached hydrogens (tertiary/aromatic N) is 1. The van der Waals surface area contributed by atoms with Crippen LogP contribution in [0.1, 0.15) is 46.0 Å². The van der Waals surface area contributed by atoms with Crippen molar-refractivity contribution in [3.05, 3.63) is 0 Å². The van der Waals surface area contributed by atoms with Gasteiger partial charge in [-0.25, -0.2) is 0 Å². The molecule has 0 spiro atoms. The van der Waals surface area contributed by atoms with Gasteiger partial charge in [-0.3, -0.25) is 19.3 Å². The van der Waals surface area contributed by atoms with E-state index in [0.717, 1.165) is 37.0 Å². The zero-order valence-corrected chi connectivity index (χ0v) is 14.7. The van der Waals surface area contributed by atoms with Crippen molar-refractivity contribution in [2.75, 3.05) is 13.1 Å². The number of nitrogens with two attached hydrogens (primary N) is 1. The molecule has 3 atom stereocenters. The summed E-state index contributed by atoms with van der Waals surface area (Å²) in [5.74, 6) is -0.607. The highest BCUT2D eigenvalue weighted by Crippen LogP contribution is 2.37. The van der Waals surface area contributed by atoms with Crippen LogP contribution in [0.4, 0.5) is 0 Å². The molecule has 23 heavy (non-hydrogen) atoms. The van der Waals surface area contributed by atoms with Gasteiger partial charge in [-0.05, 0) is 25.2 Å². The number of rotatable bonds is 6. The van der Waals surface area contributed by atoms with Crippen LogP contribution >= 0.6 is 12.4 Å². The van der Waals surface area contributed by atoms with Gasteiger partial charge in [0.2, 0.25) is 17.7 Å². The van der Waals surface area contributed by atoms with Crippen LogP contribution in [-0.4, -0.2) is 41.8 Å². The molecular formula is C16H28ClN3O3. The number of fused-ring (bicyclic) bond motifs is 1. The lowest BCUT2D eigenvalue weighted by atomic mass is 9.81. The number of imide groups is 1. The summed E-state index contributed by atoms with van der Waals surface area (Å²) >= 11 is 0. The molecule has 0 radical (unpaired) electrons. The second-order valence-electron chi connectivity index (χ2n) is 6.89. The van der Waals surface area contributed by atoms with Crippen molar-refractivity contribution in [3.63, 3.8) is 0 Å². The van der Waals surface area contributed by atoms with Crippen molar-refractivity contribution in [1.82, 2.24) is 10.2 Å². The van der Waals surface area contributed by atoms with E-state index >= 15 is 0 Å². The molecule has 2 aliphatic rings. The van der Waals surface area contributed by atoms with E-state index in [4.69, 9.17) is 5.73 Å². The number of amides is 3. The Hall–Kier alpha value is -1.14. The maximum atomic E-state index is 12.3. The molecule has 1 heterocycles. The maximum Gasteiger partial charge on any atom is 0.240 e. The second-order valence-corrected chi connectivity index (χ2v) is 6.89. The van der Waals surface area contributed by atoms with Gasteiger partial charge >= 0.3 is 0 Å². The predicted octanol–water partition coefficient (Wildman–Crippen LogP) is 1.07. The van der Waals surface area contributed by atoms with Crippen LogP contribution in [0.3, 0.4) is 0 Å². The molecule has 0 aromatic heterocycles. The van der Waals surface area contributed by atoms with Crippen molar-refractivity contribution in [3.8, 4) is 0 Å². The van der Waals surface area contributed by atoms with Gasteiger partial charge in [0.15, 0.2) is 0 Å². The van der Waals surface area contributed by atoms with Gasteiger partial charge in [0.05, 0.1) is 11.8 Å². The molecule has 7 heteroatoms. The van der Waals surface area contributed by atoms with E-state index in [1.165, 1.54) is 0 Å². The van der Waals surface area contributed by atoms with Crippen LogP contribution in [0.25, 0.3) is 0 Å². The molecule has 1 aliphatic heterocycles. The first-order valence-electron chi connectivity index (χ1n) is 8.28. The van der Waals surface area contributed by atoms with E-state index in [9.17, 15) is 14.4 Å². The lowest BCUT2D eigenvalue weighted by Gasteiger charge is -2.21. The molecule has 132 valence electrons. The van der Waals surface area contributed by atoms with Gasteiger partial charge in [0, 0.05) is 12.6 Å². The minimum Gasteiger partial charge on any atom is -0.351 e. The Balaban J connectivity index is 0.00000264. The summed E-state index contributed by atoms with van der Waals surface area (Å²) in [6, 6.07) is -0.109. The van der Waals surface area contributed by atoms with Gasteiger partial charge in [-0.15, -0.1) is 12.4 Å². The monoisotopic (exact) mass is 345 g/mol. The molecule has 0 aromatic rings. The molecule has 3 N–H and O–H groups in total. The molecule has 0 aromatic carbocycles. The zero-order chi connectivity index (χ0) is 16.3. The number of halogens is 1. The molecule has 3 unspecified atom stereocenters. The van der Waals surface area contributed by atoms with Gasteiger partial charge in [0.25, 0.3) is 0 Å². The minimum absolute atomic E-state index is 0. The van der Waals surface area contributed by atoms with Crippen LogP contribution in [-0.2, 0) is 14.4 Å². The fourth-order valence-corrected chi connectivity index (χ4v) is 3.59. The van der Waals surface area contributed by atoms with Gasteiger partial charge in [-0.2, -0.15) is 0 Å². The molecular weight excluding hydrogens is 318 g/mol. The number of hydrogen-bond donors (Lipinski definition) is 2.